The SMILES string of the molecule is Cc1oc(Cn2c(C)c(C)sc2=O)cc1C(=O)O. The van der Waals surface area contributed by atoms with Gasteiger partial charge in [-0.2, -0.15) is 0 Å². The van der Waals surface area contributed by atoms with Crippen molar-refractivity contribution in [3.05, 3.63) is 43.4 Å². The van der Waals surface area contributed by atoms with Gasteiger partial charge in [-0.05, 0) is 26.8 Å². The van der Waals surface area contributed by atoms with Crippen LogP contribution in [-0.4, -0.2) is 15.6 Å². The van der Waals surface area contributed by atoms with Gasteiger partial charge in [-0.3, -0.25) is 9.36 Å². The summed E-state index contributed by atoms with van der Waals surface area (Å²) in [5.41, 5.74) is 1.03. The third kappa shape index (κ3) is 2.11. The molecule has 0 aliphatic rings. The molecule has 5 nitrogen and oxygen atoms in total. The van der Waals surface area contributed by atoms with Gasteiger partial charge in [-0.15, -0.1) is 0 Å². The number of furan rings is 1. The van der Waals surface area contributed by atoms with E-state index >= 15 is 0 Å². The Morgan fingerprint density at radius 2 is 2.11 bits per heavy atom. The zero-order valence-corrected chi connectivity index (χ0v) is 11.1. The molecule has 0 saturated carbocycles. The summed E-state index contributed by atoms with van der Waals surface area (Å²) in [6.45, 7) is 5.61. The predicted octanol–water partition coefficient (Wildman–Crippen LogP) is 2.17. The topological polar surface area (TPSA) is 72.4 Å². The van der Waals surface area contributed by atoms with Crippen LogP contribution < -0.4 is 4.87 Å². The lowest BCUT2D eigenvalue weighted by atomic mass is 10.2. The van der Waals surface area contributed by atoms with Gasteiger partial charge < -0.3 is 9.52 Å². The summed E-state index contributed by atoms with van der Waals surface area (Å²) >= 11 is 1.18. The van der Waals surface area contributed by atoms with Gasteiger partial charge >= 0.3 is 10.8 Å². The highest BCUT2D eigenvalue weighted by Crippen LogP contribution is 2.17. The van der Waals surface area contributed by atoms with Crippen LogP contribution in [0.25, 0.3) is 0 Å². The van der Waals surface area contributed by atoms with Gasteiger partial charge in [-0.1, -0.05) is 11.3 Å². The number of thiazole rings is 1. The molecule has 18 heavy (non-hydrogen) atoms. The van der Waals surface area contributed by atoms with Crippen molar-refractivity contribution in [2.24, 2.45) is 0 Å². The van der Waals surface area contributed by atoms with E-state index in [-0.39, 0.29) is 17.0 Å². The van der Waals surface area contributed by atoms with Crippen molar-refractivity contribution in [1.82, 2.24) is 4.57 Å². The molecule has 2 rings (SSSR count). The average molecular weight is 267 g/mol. The number of carbonyl (C=O) groups is 1. The maximum Gasteiger partial charge on any atom is 0.339 e. The minimum Gasteiger partial charge on any atom is -0.478 e. The molecule has 0 atom stereocenters. The Hall–Kier alpha value is -1.82. The van der Waals surface area contributed by atoms with Gasteiger partial charge in [0.25, 0.3) is 0 Å². The predicted molar refractivity (Wildman–Crippen MR) is 67.6 cm³/mol. The molecule has 0 aliphatic heterocycles. The fraction of sp³-hybridized carbons (Fsp3) is 0.333. The van der Waals surface area contributed by atoms with Crippen LogP contribution in [0.4, 0.5) is 0 Å². The van der Waals surface area contributed by atoms with E-state index in [0.717, 1.165) is 10.6 Å². The van der Waals surface area contributed by atoms with Crippen LogP contribution in [-0.2, 0) is 6.54 Å². The van der Waals surface area contributed by atoms with E-state index in [0.29, 0.717) is 11.5 Å². The fourth-order valence-electron chi connectivity index (χ4n) is 1.76. The van der Waals surface area contributed by atoms with Gasteiger partial charge in [-0.25, -0.2) is 4.79 Å². The maximum absolute atomic E-state index is 11.7. The van der Waals surface area contributed by atoms with Crippen LogP contribution in [0, 0.1) is 20.8 Å². The molecule has 2 heterocycles. The highest BCUT2D eigenvalue weighted by Gasteiger charge is 2.15. The van der Waals surface area contributed by atoms with E-state index in [1.807, 2.05) is 13.8 Å². The molecule has 96 valence electrons. The molecule has 0 spiro atoms. The Morgan fingerprint density at radius 3 is 2.56 bits per heavy atom. The first kappa shape index (κ1) is 12.6. The highest BCUT2D eigenvalue weighted by molar-refractivity contribution is 7.09. The molecule has 0 aliphatic carbocycles. The Balaban J connectivity index is 2.38. The second-order valence-electron chi connectivity index (χ2n) is 4.08. The number of aryl methyl sites for hydroxylation is 2. The van der Waals surface area contributed by atoms with Crippen molar-refractivity contribution in [3.63, 3.8) is 0 Å². The summed E-state index contributed by atoms with van der Waals surface area (Å²) in [5.74, 6) is -0.184. The van der Waals surface area contributed by atoms with Gasteiger partial charge in [0.1, 0.15) is 17.1 Å². The van der Waals surface area contributed by atoms with Crippen molar-refractivity contribution in [1.29, 1.82) is 0 Å². The molecular weight excluding hydrogens is 254 g/mol. The quantitative estimate of drug-likeness (QED) is 0.925. The van der Waals surface area contributed by atoms with Crippen molar-refractivity contribution >= 4 is 17.3 Å². The molecule has 0 bridgehead atoms. The van der Waals surface area contributed by atoms with Crippen molar-refractivity contribution in [3.8, 4) is 0 Å². The van der Waals surface area contributed by atoms with Gasteiger partial charge in [0.05, 0.1) is 6.54 Å². The van der Waals surface area contributed by atoms with Crippen molar-refractivity contribution < 1.29 is 14.3 Å². The first-order valence-corrected chi connectivity index (χ1v) is 6.21. The van der Waals surface area contributed by atoms with E-state index in [4.69, 9.17) is 9.52 Å². The summed E-state index contributed by atoms with van der Waals surface area (Å²) in [4.78, 5) is 23.5. The molecule has 0 unspecified atom stereocenters. The van der Waals surface area contributed by atoms with E-state index in [9.17, 15) is 9.59 Å². The van der Waals surface area contributed by atoms with Crippen molar-refractivity contribution in [2.75, 3.05) is 0 Å². The van der Waals surface area contributed by atoms with Crippen molar-refractivity contribution in [2.45, 2.75) is 27.3 Å². The van der Waals surface area contributed by atoms with Crippen LogP contribution in [0.1, 0.15) is 32.4 Å². The minimum absolute atomic E-state index is 0.0593. The number of aromatic carboxylic acids is 1. The molecule has 0 fully saturated rings. The number of nitrogens with zero attached hydrogens (tertiary/aromatic N) is 1. The lowest BCUT2D eigenvalue weighted by Crippen LogP contribution is -2.14. The lowest BCUT2D eigenvalue weighted by Gasteiger charge is -2.01. The fourth-order valence-corrected chi connectivity index (χ4v) is 2.59. The van der Waals surface area contributed by atoms with Crippen LogP contribution in [0.15, 0.2) is 15.3 Å². The number of carboxylic acid groups (broad SMARTS) is 1. The summed E-state index contributed by atoms with van der Waals surface area (Å²) in [7, 11) is 0. The molecular formula is C12H13NO4S. The summed E-state index contributed by atoms with van der Waals surface area (Å²) in [5, 5.41) is 8.93. The molecule has 0 saturated heterocycles. The molecule has 0 radical (unpaired) electrons. The lowest BCUT2D eigenvalue weighted by molar-refractivity contribution is 0.0695. The Kier molecular flexibility index (Phi) is 3.13. The third-order valence-electron chi connectivity index (χ3n) is 2.89. The second kappa shape index (κ2) is 4.45. The Morgan fingerprint density at radius 1 is 1.44 bits per heavy atom. The molecule has 2 aromatic rings. The monoisotopic (exact) mass is 267 g/mol. The zero-order valence-electron chi connectivity index (χ0n) is 10.3. The first-order chi connectivity index (χ1) is 8.40. The van der Waals surface area contributed by atoms with E-state index in [2.05, 4.69) is 0 Å². The molecule has 1 N–H and O–H groups in total. The van der Waals surface area contributed by atoms with Gasteiger partial charge in [0.15, 0.2) is 0 Å². The third-order valence-corrected chi connectivity index (χ3v) is 3.88. The smallest absolute Gasteiger partial charge is 0.339 e. The number of hydrogen-bond acceptors (Lipinski definition) is 4. The number of carboxylic acids is 1. The number of hydrogen-bond donors (Lipinski definition) is 1. The van der Waals surface area contributed by atoms with Crippen LogP contribution >= 0.6 is 11.3 Å². The van der Waals surface area contributed by atoms with Crippen LogP contribution in [0.2, 0.25) is 0 Å². The van der Waals surface area contributed by atoms with Crippen LogP contribution in [0.3, 0.4) is 0 Å². The van der Waals surface area contributed by atoms with E-state index in [1.165, 1.54) is 17.4 Å². The second-order valence-corrected chi connectivity index (χ2v) is 5.25. The maximum atomic E-state index is 11.7. The Bertz CT molecular complexity index is 662. The normalized spacial score (nSPS) is 10.8. The Labute approximate surface area is 107 Å². The van der Waals surface area contributed by atoms with Crippen LogP contribution in [0.5, 0.6) is 0 Å². The standard InChI is InChI=1S/C12H13NO4S/c1-6-8(3)18-12(16)13(6)5-9-4-10(11(14)15)7(2)17-9/h4H,5H2,1-3H3,(H,14,15). The minimum atomic E-state index is -1.02. The van der Waals surface area contributed by atoms with Gasteiger partial charge in [0.2, 0.25) is 0 Å². The summed E-state index contributed by atoms with van der Waals surface area (Å²) in [6.07, 6.45) is 0. The zero-order chi connectivity index (χ0) is 13.4. The molecule has 6 heteroatoms. The molecule has 2 aromatic heterocycles. The van der Waals surface area contributed by atoms with Gasteiger partial charge in [0, 0.05) is 10.6 Å². The van der Waals surface area contributed by atoms with E-state index < -0.39 is 5.97 Å². The molecule has 0 amide bonds. The number of rotatable bonds is 3. The summed E-state index contributed by atoms with van der Waals surface area (Å²) < 4.78 is 6.95. The van der Waals surface area contributed by atoms with E-state index in [1.54, 1.807) is 11.5 Å². The largest absolute Gasteiger partial charge is 0.478 e. The molecule has 0 aromatic carbocycles. The number of aromatic nitrogens is 1. The summed E-state index contributed by atoms with van der Waals surface area (Å²) in [6, 6.07) is 1.47. The average Bonchev–Trinajstić information content (AvgIpc) is 2.75. The first-order valence-electron chi connectivity index (χ1n) is 5.39. The highest BCUT2D eigenvalue weighted by atomic mass is 32.1.